The van der Waals surface area contributed by atoms with Crippen LogP contribution in [0.4, 0.5) is 5.69 Å². The van der Waals surface area contributed by atoms with Crippen molar-refractivity contribution in [3.05, 3.63) is 23.8 Å². The predicted molar refractivity (Wildman–Crippen MR) is 81.6 cm³/mol. The Hall–Kier alpha value is -0.630. The monoisotopic (exact) mass is 394 g/mol. The number of carbonyl (C=O) groups excluding carboxylic acids is 1. The Kier molecular flexibility index (Phi) is 2.23. The highest BCUT2D eigenvalue weighted by Crippen LogP contribution is 2.56. The zero-order chi connectivity index (χ0) is 16.4. The van der Waals surface area contributed by atoms with Crippen molar-refractivity contribution in [1.29, 1.82) is 0 Å². The van der Waals surface area contributed by atoms with Gasteiger partial charge in [0.15, 0.2) is 9.84 Å². The molecular weight excluding hydrogens is 377 g/mol. The third-order valence-corrected chi connectivity index (χ3v) is 6.31. The second-order valence-electron chi connectivity index (χ2n) is 5.07. The van der Waals surface area contributed by atoms with Crippen LogP contribution in [0.5, 0.6) is 0 Å². The van der Waals surface area contributed by atoms with E-state index in [1.165, 1.54) is 18.2 Å². The van der Waals surface area contributed by atoms with E-state index in [0.29, 0.717) is 11.3 Å². The van der Waals surface area contributed by atoms with Gasteiger partial charge in [0.2, 0.25) is 5.91 Å². The van der Waals surface area contributed by atoms with Crippen molar-refractivity contribution in [1.82, 2.24) is 0 Å². The van der Waals surface area contributed by atoms with Gasteiger partial charge in [-0.25, -0.2) is 8.42 Å². The summed E-state index contributed by atoms with van der Waals surface area (Å²) in [5, 5.41) is 0. The van der Waals surface area contributed by atoms with Crippen LogP contribution in [0.15, 0.2) is 23.1 Å². The number of fused-ring (bicyclic) bond motifs is 3. The Labute approximate surface area is 130 Å². The van der Waals surface area contributed by atoms with Crippen molar-refractivity contribution >= 4 is 44.0 Å². The minimum atomic E-state index is -3.38. The van der Waals surface area contributed by atoms with E-state index < -0.39 is 26.6 Å². The number of alkyl halides is 1. The lowest BCUT2D eigenvalue weighted by Crippen LogP contribution is -2.33. The molecule has 1 amide bonds. The van der Waals surface area contributed by atoms with Gasteiger partial charge in [0.1, 0.15) is 0 Å². The van der Waals surface area contributed by atoms with Crippen molar-refractivity contribution in [2.75, 3.05) is 18.1 Å². The first-order valence-corrected chi connectivity index (χ1v) is 8.97. The van der Waals surface area contributed by atoms with Crippen LogP contribution >= 0.6 is 22.6 Å². The maximum atomic E-state index is 12.5. The van der Waals surface area contributed by atoms with Gasteiger partial charge in [0.25, 0.3) is 0 Å². The van der Waals surface area contributed by atoms with E-state index in [-0.39, 0.29) is 16.7 Å². The number of halogens is 1. The molecule has 0 spiro atoms. The highest BCUT2D eigenvalue weighted by Gasteiger charge is 2.50. The van der Waals surface area contributed by atoms with Gasteiger partial charge in [-0.2, -0.15) is 0 Å². The van der Waals surface area contributed by atoms with Crippen molar-refractivity contribution in [2.24, 2.45) is 5.92 Å². The summed E-state index contributed by atoms with van der Waals surface area (Å²) in [6.45, 7) is -2.58. The SMILES string of the molecule is [2H]C([2H])([2H])N1C(=O)C(I)C2CC2c2cc(S(C)(=O)=O)ccc21. The molecule has 1 aromatic carbocycles. The van der Waals surface area contributed by atoms with E-state index in [4.69, 9.17) is 4.11 Å². The number of nitrogens with zero attached hydrogens (tertiary/aromatic N) is 1. The van der Waals surface area contributed by atoms with Crippen LogP contribution in [0.25, 0.3) is 0 Å². The molecule has 3 unspecified atom stereocenters. The number of benzene rings is 1. The zero-order valence-corrected chi connectivity index (χ0v) is 13.1. The Morgan fingerprint density at radius 2 is 2.21 bits per heavy atom. The number of sulfone groups is 1. The summed E-state index contributed by atoms with van der Waals surface area (Å²) in [6.07, 6.45) is 1.90. The average Bonchev–Trinajstić information content (AvgIpc) is 3.15. The molecule has 19 heavy (non-hydrogen) atoms. The third-order valence-electron chi connectivity index (χ3n) is 3.74. The predicted octanol–water partition coefficient (Wildman–Crippen LogP) is 1.97. The average molecular weight is 394 g/mol. The largest absolute Gasteiger partial charge is 0.314 e. The molecule has 0 saturated heterocycles. The van der Waals surface area contributed by atoms with E-state index in [1.54, 1.807) is 0 Å². The van der Waals surface area contributed by atoms with Gasteiger partial charge in [-0.3, -0.25) is 4.79 Å². The van der Waals surface area contributed by atoms with Gasteiger partial charge in [-0.15, -0.1) is 0 Å². The number of rotatable bonds is 1. The highest BCUT2D eigenvalue weighted by molar-refractivity contribution is 14.1. The van der Waals surface area contributed by atoms with Crippen LogP contribution in [-0.4, -0.2) is 31.5 Å². The molecule has 1 heterocycles. The first-order valence-electron chi connectivity index (χ1n) is 7.34. The van der Waals surface area contributed by atoms with E-state index >= 15 is 0 Å². The lowest BCUT2D eigenvalue weighted by molar-refractivity contribution is -0.117. The number of amides is 1. The molecule has 1 saturated carbocycles. The maximum Gasteiger partial charge on any atom is 0.239 e. The van der Waals surface area contributed by atoms with Crippen LogP contribution in [0.2, 0.25) is 0 Å². The van der Waals surface area contributed by atoms with Gasteiger partial charge >= 0.3 is 0 Å². The van der Waals surface area contributed by atoms with Crippen LogP contribution in [0.1, 0.15) is 22.0 Å². The summed E-state index contributed by atoms with van der Waals surface area (Å²) in [4.78, 5) is 13.5. The van der Waals surface area contributed by atoms with Crippen LogP contribution in [0, 0.1) is 5.92 Å². The molecule has 4 nitrogen and oxygen atoms in total. The minimum absolute atomic E-state index is 0.0508. The fraction of sp³-hybridized carbons (Fsp3) is 0.462. The second-order valence-corrected chi connectivity index (χ2v) is 8.43. The van der Waals surface area contributed by atoms with E-state index in [0.717, 1.165) is 17.6 Å². The second kappa shape index (κ2) is 4.18. The number of hydrogen-bond acceptors (Lipinski definition) is 3. The lowest BCUT2D eigenvalue weighted by Gasteiger charge is -2.20. The Morgan fingerprint density at radius 3 is 2.84 bits per heavy atom. The van der Waals surface area contributed by atoms with E-state index in [1.807, 2.05) is 22.6 Å². The van der Waals surface area contributed by atoms with Crippen LogP contribution in [0.3, 0.4) is 0 Å². The molecule has 3 atom stereocenters. The molecular formula is C13H14INO3S. The Bertz CT molecular complexity index is 762. The molecule has 1 fully saturated rings. The minimum Gasteiger partial charge on any atom is -0.314 e. The number of hydrogen-bond donors (Lipinski definition) is 0. The summed E-state index contributed by atoms with van der Waals surface area (Å²) < 4.78 is 46.0. The van der Waals surface area contributed by atoms with E-state index in [9.17, 15) is 13.2 Å². The van der Waals surface area contributed by atoms with Gasteiger partial charge in [0.05, 0.1) is 8.82 Å². The Balaban J connectivity index is 2.22. The van der Waals surface area contributed by atoms with Gasteiger partial charge in [0, 0.05) is 23.0 Å². The summed E-state index contributed by atoms with van der Waals surface area (Å²) in [5.74, 6) is -0.303. The fourth-order valence-corrected chi connectivity index (χ4v) is 4.31. The smallest absolute Gasteiger partial charge is 0.239 e. The summed E-state index contributed by atoms with van der Waals surface area (Å²) in [5.41, 5.74) is 0.959. The van der Waals surface area contributed by atoms with Gasteiger partial charge < -0.3 is 4.90 Å². The first-order chi connectivity index (χ1) is 10.0. The molecule has 0 N–H and O–H groups in total. The zero-order valence-electron chi connectivity index (χ0n) is 13.1. The molecule has 2 aliphatic rings. The topological polar surface area (TPSA) is 54.5 Å². The molecule has 1 aromatic rings. The van der Waals surface area contributed by atoms with Crippen molar-refractivity contribution in [2.45, 2.75) is 21.2 Å². The fourth-order valence-electron chi connectivity index (χ4n) is 2.58. The van der Waals surface area contributed by atoms with Gasteiger partial charge in [-0.1, -0.05) is 22.6 Å². The molecule has 0 bridgehead atoms. The summed E-state index contributed by atoms with van der Waals surface area (Å²) in [7, 11) is -3.38. The van der Waals surface area contributed by atoms with Crippen LogP contribution in [-0.2, 0) is 14.6 Å². The molecule has 0 aromatic heterocycles. The molecule has 1 aliphatic carbocycles. The first kappa shape index (κ1) is 10.1. The normalized spacial score (nSPS) is 32.5. The van der Waals surface area contributed by atoms with Gasteiger partial charge in [-0.05, 0) is 42.0 Å². The summed E-state index contributed by atoms with van der Waals surface area (Å²) in [6, 6.07) is 4.33. The van der Waals surface area contributed by atoms with Crippen LogP contribution < -0.4 is 4.90 Å². The maximum absolute atomic E-state index is 12.5. The molecule has 0 radical (unpaired) electrons. The molecule has 1 aliphatic heterocycles. The standard InChI is InChI=1S/C13H14INO3S/c1-15-11-4-3-7(19(2,17)18)5-9(11)8-6-10(8)12(14)13(15)16/h3-5,8,10,12H,6H2,1-2H3/i1D3. The molecule has 3 rings (SSSR count). The molecule has 102 valence electrons. The summed E-state index contributed by atoms with van der Waals surface area (Å²) >= 11 is 1.99. The third kappa shape index (κ3) is 2.08. The Morgan fingerprint density at radius 1 is 1.47 bits per heavy atom. The number of carbonyl (C=O) groups is 1. The lowest BCUT2D eigenvalue weighted by atomic mass is 10.1. The van der Waals surface area contributed by atoms with E-state index in [2.05, 4.69) is 0 Å². The molecule has 6 heteroatoms. The number of anilines is 1. The quantitative estimate of drug-likeness (QED) is 0.541. The van der Waals surface area contributed by atoms with Crippen molar-refractivity contribution in [3.63, 3.8) is 0 Å². The van der Waals surface area contributed by atoms with Crippen molar-refractivity contribution < 1.29 is 17.3 Å². The highest BCUT2D eigenvalue weighted by atomic mass is 127. The van der Waals surface area contributed by atoms with Crippen molar-refractivity contribution in [3.8, 4) is 0 Å².